The average molecular weight is 212 g/mol. The van der Waals surface area contributed by atoms with Gasteiger partial charge in [-0.2, -0.15) is 0 Å². The fourth-order valence-corrected chi connectivity index (χ4v) is 1.77. The van der Waals surface area contributed by atoms with Gasteiger partial charge >= 0.3 is 0 Å². The third kappa shape index (κ3) is 2.19. The van der Waals surface area contributed by atoms with E-state index in [1.807, 2.05) is 18.2 Å². The minimum Gasteiger partial charge on any atom is -0.207 e. The standard InChI is InChI=1S/C15H13F/c1-2-5-15(12-6-3-4-7-12)13-8-10-14(16)11-9-13/h2-4,6-11H,1,5H2. The van der Waals surface area contributed by atoms with Gasteiger partial charge in [-0.25, -0.2) is 4.39 Å². The first-order valence-electron chi connectivity index (χ1n) is 5.26. The van der Waals surface area contributed by atoms with Crippen LogP contribution >= 0.6 is 0 Å². The molecule has 0 unspecified atom stereocenters. The summed E-state index contributed by atoms with van der Waals surface area (Å²) in [5.74, 6) is -0.204. The van der Waals surface area contributed by atoms with Crippen molar-refractivity contribution in [2.75, 3.05) is 0 Å². The van der Waals surface area contributed by atoms with Crippen LogP contribution in [0.5, 0.6) is 0 Å². The van der Waals surface area contributed by atoms with Crippen molar-refractivity contribution in [3.63, 3.8) is 0 Å². The highest BCUT2D eigenvalue weighted by atomic mass is 19.1. The van der Waals surface area contributed by atoms with E-state index in [4.69, 9.17) is 0 Å². The third-order valence-corrected chi connectivity index (χ3v) is 2.55. The molecule has 0 fully saturated rings. The van der Waals surface area contributed by atoms with Crippen molar-refractivity contribution in [1.82, 2.24) is 0 Å². The smallest absolute Gasteiger partial charge is 0.123 e. The van der Waals surface area contributed by atoms with Crippen LogP contribution in [0.3, 0.4) is 0 Å². The van der Waals surface area contributed by atoms with E-state index in [9.17, 15) is 4.39 Å². The van der Waals surface area contributed by atoms with Crippen LogP contribution in [0.2, 0.25) is 0 Å². The monoisotopic (exact) mass is 212 g/mol. The summed E-state index contributed by atoms with van der Waals surface area (Å²) in [4.78, 5) is 0. The van der Waals surface area contributed by atoms with Crippen molar-refractivity contribution in [3.05, 3.63) is 78.2 Å². The molecular weight excluding hydrogens is 199 g/mol. The molecular formula is C15H13F. The molecule has 1 aliphatic carbocycles. The molecule has 0 nitrogen and oxygen atoms in total. The topological polar surface area (TPSA) is 0 Å². The highest BCUT2D eigenvalue weighted by Gasteiger charge is 2.06. The zero-order chi connectivity index (χ0) is 11.4. The van der Waals surface area contributed by atoms with Crippen LogP contribution in [0, 0.1) is 5.82 Å². The largest absolute Gasteiger partial charge is 0.207 e. The Bertz CT molecular complexity index is 459. The van der Waals surface area contributed by atoms with Gasteiger partial charge in [0.2, 0.25) is 0 Å². The maximum Gasteiger partial charge on any atom is 0.123 e. The Labute approximate surface area is 95.1 Å². The van der Waals surface area contributed by atoms with Crippen LogP contribution in [0.4, 0.5) is 4.39 Å². The molecule has 0 aliphatic heterocycles. The number of hydrogen-bond donors (Lipinski definition) is 0. The van der Waals surface area contributed by atoms with Gasteiger partial charge in [-0.1, -0.05) is 42.5 Å². The average Bonchev–Trinajstić information content (AvgIpc) is 2.81. The Morgan fingerprint density at radius 1 is 1.12 bits per heavy atom. The first kappa shape index (κ1) is 10.6. The van der Waals surface area contributed by atoms with E-state index in [-0.39, 0.29) is 5.82 Å². The number of hydrogen-bond acceptors (Lipinski definition) is 0. The quantitative estimate of drug-likeness (QED) is 0.656. The lowest BCUT2D eigenvalue weighted by Crippen LogP contribution is -1.87. The van der Waals surface area contributed by atoms with Crippen molar-refractivity contribution < 1.29 is 4.39 Å². The van der Waals surface area contributed by atoms with Crippen LogP contribution in [0.1, 0.15) is 12.0 Å². The van der Waals surface area contributed by atoms with E-state index in [0.717, 1.165) is 12.0 Å². The minimum atomic E-state index is -0.204. The summed E-state index contributed by atoms with van der Waals surface area (Å²) in [5, 5.41) is 0. The fraction of sp³-hybridized carbons (Fsp3) is 0.0667. The van der Waals surface area contributed by atoms with Crippen molar-refractivity contribution in [2.24, 2.45) is 0 Å². The lowest BCUT2D eigenvalue weighted by Gasteiger charge is -2.07. The van der Waals surface area contributed by atoms with Gasteiger partial charge in [-0.3, -0.25) is 0 Å². The van der Waals surface area contributed by atoms with Gasteiger partial charge in [-0.15, -0.1) is 6.58 Å². The van der Waals surface area contributed by atoms with Gasteiger partial charge in [0.15, 0.2) is 0 Å². The normalized spacial score (nSPS) is 13.2. The lowest BCUT2D eigenvalue weighted by atomic mass is 9.97. The second-order valence-electron chi connectivity index (χ2n) is 3.65. The molecule has 0 aromatic heterocycles. The molecule has 0 amide bonds. The Balaban J connectivity index is 2.44. The molecule has 0 atom stereocenters. The number of halogens is 1. The molecule has 80 valence electrons. The predicted octanol–water partition coefficient (Wildman–Crippen LogP) is 4.28. The molecule has 0 radical (unpaired) electrons. The summed E-state index contributed by atoms with van der Waals surface area (Å²) in [6.45, 7) is 3.76. The maximum atomic E-state index is 12.8. The molecule has 0 spiro atoms. The highest BCUT2D eigenvalue weighted by molar-refractivity contribution is 5.75. The molecule has 16 heavy (non-hydrogen) atoms. The third-order valence-electron chi connectivity index (χ3n) is 2.55. The Kier molecular flexibility index (Phi) is 3.16. The predicted molar refractivity (Wildman–Crippen MR) is 66.4 cm³/mol. The van der Waals surface area contributed by atoms with Crippen LogP contribution in [-0.2, 0) is 0 Å². The van der Waals surface area contributed by atoms with Gasteiger partial charge in [0.05, 0.1) is 0 Å². The Morgan fingerprint density at radius 3 is 2.31 bits per heavy atom. The van der Waals surface area contributed by atoms with Crippen LogP contribution in [0.15, 0.2) is 66.8 Å². The number of rotatable bonds is 3. The van der Waals surface area contributed by atoms with Gasteiger partial charge in [-0.05, 0) is 35.3 Å². The summed E-state index contributed by atoms with van der Waals surface area (Å²) in [6, 6.07) is 6.59. The highest BCUT2D eigenvalue weighted by Crippen LogP contribution is 2.26. The molecule has 0 bridgehead atoms. The van der Waals surface area contributed by atoms with Crippen LogP contribution < -0.4 is 0 Å². The fourth-order valence-electron chi connectivity index (χ4n) is 1.77. The Hall–Kier alpha value is -1.89. The first-order valence-corrected chi connectivity index (χ1v) is 5.26. The van der Waals surface area contributed by atoms with E-state index >= 15 is 0 Å². The van der Waals surface area contributed by atoms with Gasteiger partial charge < -0.3 is 0 Å². The molecule has 0 saturated carbocycles. The van der Waals surface area contributed by atoms with Crippen LogP contribution in [-0.4, -0.2) is 0 Å². The van der Waals surface area contributed by atoms with Crippen molar-refractivity contribution in [1.29, 1.82) is 0 Å². The summed E-state index contributed by atoms with van der Waals surface area (Å²) in [7, 11) is 0. The number of allylic oxidation sites excluding steroid dienone is 7. The molecule has 1 heteroatoms. The molecule has 1 aromatic carbocycles. The van der Waals surface area contributed by atoms with E-state index in [0.29, 0.717) is 0 Å². The van der Waals surface area contributed by atoms with E-state index in [1.54, 1.807) is 12.1 Å². The van der Waals surface area contributed by atoms with E-state index in [2.05, 4.69) is 18.7 Å². The minimum absolute atomic E-state index is 0.204. The molecule has 2 rings (SSSR count). The lowest BCUT2D eigenvalue weighted by molar-refractivity contribution is 0.627. The second-order valence-corrected chi connectivity index (χ2v) is 3.65. The molecule has 0 heterocycles. The van der Waals surface area contributed by atoms with Crippen molar-refractivity contribution in [3.8, 4) is 0 Å². The summed E-state index contributed by atoms with van der Waals surface area (Å²) < 4.78 is 12.8. The maximum absolute atomic E-state index is 12.8. The molecule has 0 saturated heterocycles. The number of benzene rings is 1. The summed E-state index contributed by atoms with van der Waals surface area (Å²) in [5.41, 5.74) is 3.40. The van der Waals surface area contributed by atoms with Crippen LogP contribution in [0.25, 0.3) is 5.57 Å². The van der Waals surface area contributed by atoms with Gasteiger partial charge in [0, 0.05) is 0 Å². The van der Waals surface area contributed by atoms with Gasteiger partial charge in [0.1, 0.15) is 5.82 Å². The molecule has 1 aliphatic rings. The zero-order valence-corrected chi connectivity index (χ0v) is 8.99. The molecule has 1 aromatic rings. The summed E-state index contributed by atoms with van der Waals surface area (Å²) >= 11 is 0. The van der Waals surface area contributed by atoms with E-state index in [1.165, 1.54) is 23.3 Å². The Morgan fingerprint density at radius 2 is 1.75 bits per heavy atom. The summed E-state index contributed by atoms with van der Waals surface area (Å²) in [6.07, 6.45) is 10.8. The first-order chi connectivity index (χ1) is 7.81. The van der Waals surface area contributed by atoms with Crippen molar-refractivity contribution >= 4 is 5.57 Å². The van der Waals surface area contributed by atoms with Gasteiger partial charge in [0.25, 0.3) is 0 Å². The zero-order valence-electron chi connectivity index (χ0n) is 8.99. The second kappa shape index (κ2) is 4.75. The SMILES string of the molecule is C=CCC(=C1C=CC=C1)c1ccc(F)cc1. The van der Waals surface area contributed by atoms with Crippen molar-refractivity contribution in [2.45, 2.75) is 6.42 Å². The molecule has 0 N–H and O–H groups in total. The van der Waals surface area contributed by atoms with E-state index < -0.39 is 0 Å².